The maximum absolute atomic E-state index is 2.51. The molecule has 0 N–H and O–H groups in total. The molecule has 0 amide bonds. The fraction of sp³-hybridized carbons (Fsp3) is 0.296. The highest BCUT2D eigenvalue weighted by Crippen LogP contribution is 2.50. The molecule has 0 fully saturated rings. The summed E-state index contributed by atoms with van der Waals surface area (Å²) < 4.78 is 4.99. The second-order valence-electron chi connectivity index (χ2n) is 8.18. The summed E-state index contributed by atoms with van der Waals surface area (Å²) in [6.07, 6.45) is 0. The molecule has 3 heteroatoms. The Morgan fingerprint density at radius 1 is 0.967 bits per heavy atom. The molecule has 5 rings (SSSR count). The molecule has 0 saturated heterocycles. The van der Waals surface area contributed by atoms with Crippen LogP contribution in [-0.2, 0) is 6.54 Å². The van der Waals surface area contributed by atoms with Crippen LogP contribution in [0.2, 0.25) is 0 Å². The first-order chi connectivity index (χ1) is 14.7. The number of para-hydroxylation sites is 2. The number of hydrogen-bond donors (Lipinski definition) is 0. The minimum Gasteiger partial charge on any atom is -0.345 e. The number of nitrogens with zero attached hydrogens (tertiary/aromatic N) is 2. The van der Waals surface area contributed by atoms with E-state index in [0.717, 1.165) is 13.1 Å². The van der Waals surface area contributed by atoms with Crippen molar-refractivity contribution in [3.05, 3.63) is 87.7 Å². The molecule has 0 saturated carbocycles. The lowest BCUT2D eigenvalue weighted by molar-refractivity contribution is -0.434. The van der Waals surface area contributed by atoms with Gasteiger partial charge in [0.1, 0.15) is 6.54 Å². The Morgan fingerprint density at radius 3 is 2.47 bits per heavy atom. The van der Waals surface area contributed by atoms with Crippen LogP contribution in [0.5, 0.6) is 0 Å². The quantitative estimate of drug-likeness (QED) is 0.309. The smallest absolute Gasteiger partial charge is 0.209 e. The zero-order chi connectivity index (χ0) is 20.8. The average Bonchev–Trinajstić information content (AvgIpc) is 3.45. The molecule has 30 heavy (non-hydrogen) atoms. The number of thiophene rings is 1. The zero-order valence-electron chi connectivity index (χ0n) is 18.2. The van der Waals surface area contributed by atoms with Crippen molar-refractivity contribution in [2.75, 3.05) is 6.54 Å². The highest BCUT2D eigenvalue weighted by Gasteiger charge is 2.43. The predicted octanol–water partition coefficient (Wildman–Crippen LogP) is 7.09. The Balaban J connectivity index is 1.83. The number of aryl methyl sites for hydroxylation is 1. The molecule has 2 aromatic heterocycles. The number of rotatable bonds is 5. The van der Waals surface area contributed by atoms with Crippen molar-refractivity contribution < 1.29 is 4.58 Å². The maximum Gasteiger partial charge on any atom is 0.209 e. The van der Waals surface area contributed by atoms with E-state index >= 15 is 0 Å². The Kier molecular flexibility index (Phi) is 4.86. The first-order valence-electron chi connectivity index (χ1n) is 11.0. The molecule has 0 aliphatic carbocycles. The van der Waals surface area contributed by atoms with Gasteiger partial charge in [0.25, 0.3) is 0 Å². The van der Waals surface area contributed by atoms with Gasteiger partial charge in [0.05, 0.1) is 5.92 Å². The van der Waals surface area contributed by atoms with E-state index in [1.54, 1.807) is 0 Å². The van der Waals surface area contributed by atoms with Gasteiger partial charge in [-0.2, -0.15) is 4.58 Å². The molecule has 0 bridgehead atoms. The third kappa shape index (κ3) is 2.72. The Bertz CT molecular complexity index is 1240. The highest BCUT2D eigenvalue weighted by atomic mass is 32.1. The summed E-state index contributed by atoms with van der Waals surface area (Å²) in [4.78, 5) is 1.45. The second kappa shape index (κ2) is 7.55. The summed E-state index contributed by atoms with van der Waals surface area (Å²) in [6, 6.07) is 22.5. The van der Waals surface area contributed by atoms with Gasteiger partial charge in [-0.25, -0.2) is 0 Å². The van der Waals surface area contributed by atoms with Gasteiger partial charge in [-0.1, -0.05) is 42.5 Å². The number of benzene rings is 2. The molecule has 152 valence electrons. The lowest BCUT2D eigenvalue weighted by Crippen LogP contribution is -2.20. The van der Waals surface area contributed by atoms with Gasteiger partial charge in [-0.3, -0.25) is 0 Å². The van der Waals surface area contributed by atoms with Crippen LogP contribution in [0, 0.1) is 6.92 Å². The first-order valence-corrected chi connectivity index (χ1v) is 11.9. The van der Waals surface area contributed by atoms with Crippen molar-refractivity contribution >= 4 is 33.6 Å². The Morgan fingerprint density at radius 2 is 1.73 bits per heavy atom. The first kappa shape index (κ1) is 19.3. The second-order valence-corrected chi connectivity index (χ2v) is 9.15. The Hall–Kier alpha value is -2.65. The standard InChI is InChI=1S/C27H29N2S/c1-5-28-18(3)25(20-12-7-9-14-22(20)28)27(24-16-11-17-30-24)26-19(4)29(6-2)23-15-10-8-13-21(23)26/h7-17,25,27H,5-6H2,1-4H3/q+1. The summed E-state index contributed by atoms with van der Waals surface area (Å²) in [7, 11) is 0. The van der Waals surface area contributed by atoms with Crippen LogP contribution in [0.25, 0.3) is 10.9 Å². The van der Waals surface area contributed by atoms with Gasteiger partial charge in [0.2, 0.25) is 5.69 Å². The third-order valence-electron chi connectivity index (χ3n) is 6.84. The topological polar surface area (TPSA) is 7.94 Å². The van der Waals surface area contributed by atoms with Crippen LogP contribution in [0.15, 0.2) is 66.0 Å². The van der Waals surface area contributed by atoms with E-state index < -0.39 is 0 Å². The third-order valence-corrected chi connectivity index (χ3v) is 7.80. The van der Waals surface area contributed by atoms with Gasteiger partial charge in [0, 0.05) is 52.5 Å². The molecule has 2 nitrogen and oxygen atoms in total. The average molecular weight is 414 g/mol. The Labute approximate surface area is 183 Å². The lowest BCUT2D eigenvalue weighted by Gasteiger charge is -2.23. The summed E-state index contributed by atoms with van der Waals surface area (Å²) in [5, 5.41) is 3.63. The van der Waals surface area contributed by atoms with Crippen molar-refractivity contribution in [3.63, 3.8) is 0 Å². The molecule has 1 aliphatic rings. The van der Waals surface area contributed by atoms with Crippen LogP contribution in [-0.4, -0.2) is 21.4 Å². The molecule has 2 atom stereocenters. The monoisotopic (exact) mass is 413 g/mol. The van der Waals surface area contributed by atoms with E-state index in [4.69, 9.17) is 0 Å². The normalized spacial score (nSPS) is 17.0. The van der Waals surface area contributed by atoms with Crippen molar-refractivity contribution in [1.82, 2.24) is 4.57 Å². The van der Waals surface area contributed by atoms with Crippen molar-refractivity contribution in [2.24, 2.45) is 0 Å². The maximum atomic E-state index is 2.51. The number of fused-ring (bicyclic) bond motifs is 2. The van der Waals surface area contributed by atoms with Crippen LogP contribution in [0.4, 0.5) is 5.69 Å². The largest absolute Gasteiger partial charge is 0.345 e. The molecule has 1 aliphatic heterocycles. The van der Waals surface area contributed by atoms with Gasteiger partial charge in [-0.15, -0.1) is 11.3 Å². The van der Waals surface area contributed by atoms with Crippen LogP contribution in [0.1, 0.15) is 54.3 Å². The molecular formula is C27H29N2S+. The van der Waals surface area contributed by atoms with Crippen molar-refractivity contribution in [2.45, 2.75) is 46.1 Å². The molecule has 3 heterocycles. The van der Waals surface area contributed by atoms with E-state index in [0.29, 0.717) is 11.8 Å². The van der Waals surface area contributed by atoms with E-state index in [-0.39, 0.29) is 0 Å². The predicted molar refractivity (Wildman–Crippen MR) is 129 cm³/mol. The summed E-state index contributed by atoms with van der Waals surface area (Å²) in [5.74, 6) is 0.676. The van der Waals surface area contributed by atoms with Crippen LogP contribution < -0.4 is 0 Å². The van der Waals surface area contributed by atoms with Crippen LogP contribution in [0.3, 0.4) is 0 Å². The number of aromatic nitrogens is 1. The van der Waals surface area contributed by atoms with Crippen molar-refractivity contribution in [3.8, 4) is 0 Å². The SMILES string of the molecule is CCn1c(C)c(C(c2cccs2)C2C(C)=[N+](CC)c3ccccc32)c2ccccc21. The number of hydrogen-bond acceptors (Lipinski definition) is 1. The summed E-state index contributed by atoms with van der Waals surface area (Å²) in [5.41, 5.74) is 8.54. The fourth-order valence-electron chi connectivity index (χ4n) is 5.62. The van der Waals surface area contributed by atoms with Gasteiger partial charge in [0.15, 0.2) is 5.71 Å². The van der Waals surface area contributed by atoms with E-state index in [9.17, 15) is 0 Å². The molecule has 4 aromatic rings. The van der Waals surface area contributed by atoms with Crippen LogP contribution >= 0.6 is 11.3 Å². The zero-order valence-corrected chi connectivity index (χ0v) is 19.0. The van der Waals surface area contributed by atoms with Gasteiger partial charge < -0.3 is 4.57 Å². The van der Waals surface area contributed by atoms with Crippen molar-refractivity contribution in [1.29, 1.82) is 0 Å². The van der Waals surface area contributed by atoms with Gasteiger partial charge in [-0.05, 0) is 43.8 Å². The summed E-state index contributed by atoms with van der Waals surface area (Å²) in [6.45, 7) is 11.2. The highest BCUT2D eigenvalue weighted by molar-refractivity contribution is 7.10. The molecule has 0 radical (unpaired) electrons. The lowest BCUT2D eigenvalue weighted by atomic mass is 9.78. The molecule has 2 unspecified atom stereocenters. The minimum atomic E-state index is 0.320. The van der Waals surface area contributed by atoms with E-state index in [1.165, 1.54) is 44.0 Å². The van der Waals surface area contributed by atoms with E-state index in [2.05, 4.69) is 103 Å². The minimum absolute atomic E-state index is 0.320. The van der Waals surface area contributed by atoms with Gasteiger partial charge >= 0.3 is 0 Å². The molecule has 0 spiro atoms. The molecular weight excluding hydrogens is 384 g/mol. The summed E-state index contributed by atoms with van der Waals surface area (Å²) >= 11 is 1.89. The fourth-order valence-corrected chi connectivity index (χ4v) is 6.49. The van der Waals surface area contributed by atoms with E-state index in [1.807, 2.05) is 11.3 Å². The molecule has 2 aromatic carbocycles.